The lowest BCUT2D eigenvalue weighted by Gasteiger charge is -2.18. The molecule has 0 aliphatic rings. The Morgan fingerprint density at radius 3 is 2.63 bits per heavy atom. The zero-order valence-electron chi connectivity index (χ0n) is 11.3. The highest BCUT2D eigenvalue weighted by Gasteiger charge is 2.14. The highest BCUT2D eigenvalue weighted by molar-refractivity contribution is 7.93. The van der Waals surface area contributed by atoms with Crippen LogP contribution < -0.4 is 5.32 Å². The van der Waals surface area contributed by atoms with Gasteiger partial charge in [0.2, 0.25) is 0 Å². The molecule has 0 aliphatic carbocycles. The number of hydrogen-bond acceptors (Lipinski definition) is 4. The first-order chi connectivity index (χ1) is 9.11. The molecule has 0 saturated heterocycles. The fraction of sp³-hybridized carbons (Fsp3) is 0.500. The second kappa shape index (κ2) is 8.82. The van der Waals surface area contributed by atoms with Gasteiger partial charge >= 0.3 is 6.09 Å². The number of carbonyl (C=O) groups excluding carboxylic acids is 1. The van der Waals surface area contributed by atoms with Crippen molar-refractivity contribution in [3.05, 3.63) is 35.9 Å². The molecule has 5 heteroatoms. The Hall–Kier alpha value is -1.20. The molecular weight excluding hydrogens is 262 g/mol. The van der Waals surface area contributed by atoms with E-state index in [-0.39, 0.29) is 12.6 Å². The maximum Gasteiger partial charge on any atom is 0.407 e. The van der Waals surface area contributed by atoms with E-state index in [1.54, 1.807) is 0 Å². The van der Waals surface area contributed by atoms with Crippen LogP contribution in [0.4, 0.5) is 4.79 Å². The molecule has 0 heterocycles. The van der Waals surface area contributed by atoms with Gasteiger partial charge in [-0.25, -0.2) is 4.79 Å². The minimum atomic E-state index is -0.441. The lowest BCUT2D eigenvalue weighted by Crippen LogP contribution is -2.37. The van der Waals surface area contributed by atoms with E-state index >= 15 is 0 Å². The van der Waals surface area contributed by atoms with Crippen molar-refractivity contribution in [1.82, 2.24) is 5.32 Å². The third-order valence-corrected chi connectivity index (χ3v) is 3.12. The molecule has 0 aliphatic heterocycles. The molecule has 0 radical (unpaired) electrons. The van der Waals surface area contributed by atoms with Crippen LogP contribution in [0.5, 0.6) is 0 Å². The molecule has 0 aromatic heterocycles. The summed E-state index contributed by atoms with van der Waals surface area (Å²) in [5.74, 6) is 0.921. The van der Waals surface area contributed by atoms with Crippen molar-refractivity contribution in [2.45, 2.75) is 32.9 Å². The van der Waals surface area contributed by atoms with Gasteiger partial charge < -0.3 is 14.6 Å². The zero-order valence-corrected chi connectivity index (χ0v) is 12.2. The highest BCUT2D eigenvalue weighted by Crippen LogP contribution is 2.09. The van der Waals surface area contributed by atoms with Crippen LogP contribution >= 0.6 is 12.0 Å². The van der Waals surface area contributed by atoms with Crippen LogP contribution in [0.25, 0.3) is 0 Å². The second-order valence-corrected chi connectivity index (χ2v) is 5.42. The van der Waals surface area contributed by atoms with E-state index in [0.717, 1.165) is 24.0 Å². The van der Waals surface area contributed by atoms with E-state index in [0.29, 0.717) is 11.7 Å². The maximum absolute atomic E-state index is 11.7. The number of ether oxygens (including phenoxy) is 1. The van der Waals surface area contributed by atoms with Crippen LogP contribution in [0.15, 0.2) is 30.3 Å². The summed E-state index contributed by atoms with van der Waals surface area (Å²) in [7, 11) is 0. The summed E-state index contributed by atoms with van der Waals surface area (Å²) in [5.41, 5.74) is 0.953. The van der Waals surface area contributed by atoms with Gasteiger partial charge in [-0.2, -0.15) is 0 Å². The molecule has 106 valence electrons. The van der Waals surface area contributed by atoms with Gasteiger partial charge in [0.15, 0.2) is 0 Å². The first-order valence-corrected chi connectivity index (χ1v) is 7.29. The van der Waals surface area contributed by atoms with Crippen LogP contribution in [-0.4, -0.2) is 22.4 Å². The number of benzene rings is 1. The first kappa shape index (κ1) is 15.9. The second-order valence-electron chi connectivity index (χ2n) is 4.83. The molecule has 2 N–H and O–H groups in total. The van der Waals surface area contributed by atoms with Crippen molar-refractivity contribution < 1.29 is 14.1 Å². The predicted molar refractivity (Wildman–Crippen MR) is 78.1 cm³/mol. The van der Waals surface area contributed by atoms with Crippen LogP contribution in [0.2, 0.25) is 0 Å². The standard InChI is InChI=1S/C14H21NO3S/c1-11(2)8-13(10-19-17)15-14(16)18-9-12-6-4-3-5-7-12/h3-7,11,13,17H,8-10H2,1-2H3,(H,15,16)/t13-/m0/s1. The van der Waals surface area contributed by atoms with Crippen molar-refractivity contribution in [3.63, 3.8) is 0 Å². The molecular formula is C14H21NO3S. The fourth-order valence-corrected chi connectivity index (χ4v) is 2.16. The molecule has 1 aromatic carbocycles. The molecule has 0 unspecified atom stereocenters. The van der Waals surface area contributed by atoms with E-state index in [1.165, 1.54) is 0 Å². The maximum atomic E-state index is 11.7. The monoisotopic (exact) mass is 283 g/mol. The Balaban J connectivity index is 2.35. The van der Waals surface area contributed by atoms with Gasteiger partial charge in [-0.1, -0.05) is 44.2 Å². The minimum Gasteiger partial charge on any atom is -0.445 e. The van der Waals surface area contributed by atoms with E-state index in [4.69, 9.17) is 9.29 Å². The van der Waals surface area contributed by atoms with Crippen molar-refractivity contribution >= 4 is 18.1 Å². The summed E-state index contributed by atoms with van der Waals surface area (Å²) in [5, 5.41) is 2.78. The van der Waals surface area contributed by atoms with E-state index in [1.807, 2.05) is 30.3 Å². The smallest absolute Gasteiger partial charge is 0.407 e. The number of carbonyl (C=O) groups is 1. The Morgan fingerprint density at radius 1 is 1.37 bits per heavy atom. The number of alkyl carbamates (subject to hydrolysis) is 1. The molecule has 0 bridgehead atoms. The van der Waals surface area contributed by atoms with E-state index < -0.39 is 6.09 Å². The summed E-state index contributed by atoms with van der Waals surface area (Å²) in [6.45, 7) is 4.41. The SMILES string of the molecule is CC(C)C[C@@H](CSO)NC(=O)OCc1ccccc1. The number of hydrogen-bond donors (Lipinski definition) is 2. The summed E-state index contributed by atoms with van der Waals surface area (Å²) >= 11 is 0.738. The third kappa shape index (κ3) is 7.08. The van der Waals surface area contributed by atoms with Gasteiger partial charge in [0.25, 0.3) is 0 Å². The van der Waals surface area contributed by atoms with Crippen molar-refractivity contribution in [2.75, 3.05) is 5.75 Å². The quantitative estimate of drug-likeness (QED) is 0.752. The molecule has 1 rings (SSSR count). The zero-order chi connectivity index (χ0) is 14.1. The minimum absolute atomic E-state index is 0.0710. The van der Waals surface area contributed by atoms with Crippen LogP contribution in [0, 0.1) is 5.92 Å². The van der Waals surface area contributed by atoms with Gasteiger partial charge in [-0.05, 0) is 29.9 Å². The van der Waals surface area contributed by atoms with Gasteiger partial charge in [-0.3, -0.25) is 0 Å². The summed E-state index contributed by atoms with van der Waals surface area (Å²) < 4.78 is 14.0. The third-order valence-electron chi connectivity index (χ3n) is 2.57. The molecule has 0 spiro atoms. The highest BCUT2D eigenvalue weighted by atomic mass is 32.2. The molecule has 1 amide bonds. The average molecular weight is 283 g/mol. The summed E-state index contributed by atoms with van der Waals surface area (Å²) in [4.78, 5) is 11.7. The normalized spacial score (nSPS) is 12.2. The Labute approximate surface area is 118 Å². The van der Waals surface area contributed by atoms with Gasteiger partial charge in [0, 0.05) is 11.8 Å². The van der Waals surface area contributed by atoms with Crippen LogP contribution in [-0.2, 0) is 11.3 Å². The molecule has 1 aromatic rings. The summed E-state index contributed by atoms with van der Waals surface area (Å²) in [6, 6.07) is 9.46. The van der Waals surface area contributed by atoms with Crippen LogP contribution in [0.1, 0.15) is 25.8 Å². The van der Waals surface area contributed by atoms with Crippen molar-refractivity contribution in [3.8, 4) is 0 Å². The molecule has 0 saturated carbocycles. The molecule has 4 nitrogen and oxygen atoms in total. The van der Waals surface area contributed by atoms with Gasteiger partial charge in [0.1, 0.15) is 6.61 Å². The Morgan fingerprint density at radius 2 is 2.05 bits per heavy atom. The Kier molecular flexibility index (Phi) is 7.36. The lowest BCUT2D eigenvalue weighted by molar-refractivity contribution is 0.135. The van der Waals surface area contributed by atoms with Gasteiger partial charge in [-0.15, -0.1) is 0 Å². The first-order valence-electron chi connectivity index (χ1n) is 6.35. The topological polar surface area (TPSA) is 58.6 Å². The van der Waals surface area contributed by atoms with Crippen molar-refractivity contribution in [1.29, 1.82) is 0 Å². The Bertz CT molecular complexity index is 370. The summed E-state index contributed by atoms with van der Waals surface area (Å²) in [6.07, 6.45) is 0.372. The number of nitrogens with one attached hydrogen (secondary N) is 1. The van der Waals surface area contributed by atoms with Crippen LogP contribution in [0.3, 0.4) is 0 Å². The molecule has 0 fully saturated rings. The van der Waals surface area contributed by atoms with Gasteiger partial charge in [0.05, 0.1) is 0 Å². The molecule has 1 atom stereocenters. The van der Waals surface area contributed by atoms with Crippen molar-refractivity contribution in [2.24, 2.45) is 5.92 Å². The lowest BCUT2D eigenvalue weighted by atomic mass is 10.1. The van der Waals surface area contributed by atoms with E-state index in [9.17, 15) is 4.79 Å². The predicted octanol–water partition coefficient (Wildman–Crippen LogP) is 3.53. The average Bonchev–Trinajstić information content (AvgIpc) is 2.37. The molecule has 19 heavy (non-hydrogen) atoms. The fourth-order valence-electron chi connectivity index (χ4n) is 1.76. The number of rotatable bonds is 7. The number of amides is 1. The van der Waals surface area contributed by atoms with E-state index in [2.05, 4.69) is 19.2 Å². The largest absolute Gasteiger partial charge is 0.445 e.